The van der Waals surface area contributed by atoms with Gasteiger partial charge in [-0.3, -0.25) is 10.1 Å². The molecule has 0 saturated carbocycles. The number of nitrogens with zero attached hydrogens (tertiary/aromatic N) is 1. The molecule has 2 N–H and O–H groups in total. The highest BCUT2D eigenvalue weighted by molar-refractivity contribution is 5.32. The number of quaternary nitrogens is 1. The standard InChI is InChI=1S/C12H18N2O3/c1-2-17-9-3-8-13-10-11-4-6-12(7-5-11)14(15)16/h4-7,13H,2-3,8-10H2,1H3/p+1. The van der Waals surface area contributed by atoms with Crippen molar-refractivity contribution in [2.75, 3.05) is 19.8 Å². The molecule has 0 saturated heterocycles. The second kappa shape index (κ2) is 7.76. The first-order valence-electron chi connectivity index (χ1n) is 5.86. The van der Waals surface area contributed by atoms with Crippen LogP contribution in [0.25, 0.3) is 0 Å². The molecule has 1 rings (SSSR count). The molecule has 5 nitrogen and oxygen atoms in total. The van der Waals surface area contributed by atoms with Gasteiger partial charge in [-0.1, -0.05) is 0 Å². The third kappa shape index (κ3) is 5.42. The van der Waals surface area contributed by atoms with E-state index in [0.717, 1.165) is 38.3 Å². The Morgan fingerprint density at radius 3 is 2.65 bits per heavy atom. The first kappa shape index (κ1) is 13.6. The Kier molecular flexibility index (Phi) is 6.21. The van der Waals surface area contributed by atoms with E-state index in [2.05, 4.69) is 5.32 Å². The summed E-state index contributed by atoms with van der Waals surface area (Å²) in [7, 11) is 0. The Labute approximate surface area is 101 Å². The normalized spacial score (nSPS) is 10.4. The summed E-state index contributed by atoms with van der Waals surface area (Å²) < 4.78 is 5.23. The van der Waals surface area contributed by atoms with Gasteiger partial charge >= 0.3 is 0 Å². The maximum absolute atomic E-state index is 10.5. The summed E-state index contributed by atoms with van der Waals surface area (Å²) in [5.74, 6) is 0. The van der Waals surface area contributed by atoms with Crippen LogP contribution in [-0.4, -0.2) is 24.7 Å². The molecular weight excluding hydrogens is 220 g/mol. The molecule has 0 unspecified atom stereocenters. The Morgan fingerprint density at radius 2 is 2.06 bits per heavy atom. The van der Waals surface area contributed by atoms with Gasteiger partial charge in [0.15, 0.2) is 0 Å². The highest BCUT2D eigenvalue weighted by Crippen LogP contribution is 2.10. The lowest BCUT2D eigenvalue weighted by molar-refractivity contribution is -0.671. The molecule has 0 radical (unpaired) electrons. The van der Waals surface area contributed by atoms with E-state index in [4.69, 9.17) is 4.74 Å². The number of hydrogen-bond acceptors (Lipinski definition) is 3. The summed E-state index contributed by atoms with van der Waals surface area (Å²) in [6, 6.07) is 6.70. The van der Waals surface area contributed by atoms with Crippen molar-refractivity contribution in [1.82, 2.24) is 0 Å². The molecule has 0 heterocycles. The topological polar surface area (TPSA) is 69.0 Å². The molecule has 1 aromatic carbocycles. The molecular formula is C12H19N2O3+. The minimum Gasteiger partial charge on any atom is -0.382 e. The lowest BCUT2D eigenvalue weighted by Gasteiger charge is -2.02. The van der Waals surface area contributed by atoms with Gasteiger partial charge in [0.05, 0.1) is 18.1 Å². The van der Waals surface area contributed by atoms with Crippen molar-refractivity contribution in [3.05, 3.63) is 39.9 Å². The smallest absolute Gasteiger partial charge is 0.269 e. The maximum Gasteiger partial charge on any atom is 0.269 e. The predicted molar refractivity (Wildman–Crippen MR) is 64.7 cm³/mol. The summed E-state index contributed by atoms with van der Waals surface area (Å²) in [6.07, 6.45) is 1.03. The van der Waals surface area contributed by atoms with Gasteiger partial charge < -0.3 is 10.1 Å². The van der Waals surface area contributed by atoms with Crippen molar-refractivity contribution in [2.24, 2.45) is 0 Å². The molecule has 0 aliphatic heterocycles. The fourth-order valence-electron chi connectivity index (χ4n) is 1.50. The van der Waals surface area contributed by atoms with Crippen molar-refractivity contribution in [2.45, 2.75) is 19.9 Å². The molecule has 5 heteroatoms. The van der Waals surface area contributed by atoms with Crippen molar-refractivity contribution < 1.29 is 15.0 Å². The van der Waals surface area contributed by atoms with Crippen LogP contribution < -0.4 is 5.32 Å². The number of nitro benzene ring substituents is 1. The van der Waals surface area contributed by atoms with Crippen LogP contribution in [0.4, 0.5) is 5.69 Å². The lowest BCUT2D eigenvalue weighted by Crippen LogP contribution is -2.82. The van der Waals surface area contributed by atoms with E-state index in [9.17, 15) is 10.1 Å². The van der Waals surface area contributed by atoms with Gasteiger partial charge in [-0.2, -0.15) is 0 Å². The van der Waals surface area contributed by atoms with Crippen molar-refractivity contribution >= 4 is 5.69 Å². The molecule has 0 bridgehead atoms. The highest BCUT2D eigenvalue weighted by Gasteiger charge is 2.04. The Bertz CT molecular complexity index is 338. The van der Waals surface area contributed by atoms with Crippen LogP contribution in [0.1, 0.15) is 18.9 Å². The first-order chi connectivity index (χ1) is 8.24. The van der Waals surface area contributed by atoms with E-state index in [-0.39, 0.29) is 10.6 Å². The van der Waals surface area contributed by atoms with Gasteiger partial charge in [0.25, 0.3) is 5.69 Å². The summed E-state index contributed by atoms with van der Waals surface area (Å²) in [5.41, 5.74) is 1.25. The second-order valence-corrected chi connectivity index (χ2v) is 3.76. The average molecular weight is 239 g/mol. The van der Waals surface area contributed by atoms with E-state index >= 15 is 0 Å². The zero-order chi connectivity index (χ0) is 12.5. The molecule has 0 aliphatic rings. The lowest BCUT2D eigenvalue weighted by atomic mass is 10.2. The molecule has 17 heavy (non-hydrogen) atoms. The molecule has 0 aliphatic carbocycles. The van der Waals surface area contributed by atoms with Crippen LogP contribution in [0, 0.1) is 10.1 Å². The molecule has 0 amide bonds. The number of nitrogens with two attached hydrogens (primary N) is 1. The van der Waals surface area contributed by atoms with Gasteiger partial charge in [-0.15, -0.1) is 0 Å². The van der Waals surface area contributed by atoms with Crippen LogP contribution in [0.15, 0.2) is 24.3 Å². The monoisotopic (exact) mass is 239 g/mol. The molecule has 94 valence electrons. The SMILES string of the molecule is CCOCCC[NH2+]Cc1ccc([N+](=O)[O-])cc1. The Hall–Kier alpha value is -1.46. The number of rotatable bonds is 8. The van der Waals surface area contributed by atoms with Crippen molar-refractivity contribution in [1.29, 1.82) is 0 Å². The highest BCUT2D eigenvalue weighted by atomic mass is 16.6. The summed E-state index contributed by atoms with van der Waals surface area (Å²) in [5, 5.41) is 12.6. The number of nitro groups is 1. The minimum atomic E-state index is -0.379. The van der Waals surface area contributed by atoms with Gasteiger partial charge in [-0.25, -0.2) is 0 Å². The summed E-state index contributed by atoms with van der Waals surface area (Å²) >= 11 is 0. The predicted octanol–water partition coefficient (Wildman–Crippen LogP) is 1.08. The molecule has 0 fully saturated rings. The fourth-order valence-corrected chi connectivity index (χ4v) is 1.50. The number of non-ortho nitro benzene ring substituents is 1. The van der Waals surface area contributed by atoms with Gasteiger partial charge in [0.1, 0.15) is 6.54 Å². The van der Waals surface area contributed by atoms with Crippen LogP contribution in [-0.2, 0) is 11.3 Å². The maximum atomic E-state index is 10.5. The third-order valence-electron chi connectivity index (χ3n) is 2.43. The Morgan fingerprint density at radius 1 is 1.35 bits per heavy atom. The zero-order valence-electron chi connectivity index (χ0n) is 10.1. The Balaban J connectivity index is 2.21. The van der Waals surface area contributed by atoms with Crippen molar-refractivity contribution in [3.8, 4) is 0 Å². The fraction of sp³-hybridized carbons (Fsp3) is 0.500. The third-order valence-corrected chi connectivity index (χ3v) is 2.43. The average Bonchev–Trinajstić information content (AvgIpc) is 2.34. The number of ether oxygens (including phenoxy) is 1. The summed E-state index contributed by atoms with van der Waals surface area (Å²) in [4.78, 5) is 10.1. The number of benzene rings is 1. The van der Waals surface area contributed by atoms with E-state index in [1.54, 1.807) is 24.3 Å². The van der Waals surface area contributed by atoms with Crippen LogP contribution in [0.3, 0.4) is 0 Å². The van der Waals surface area contributed by atoms with Crippen LogP contribution in [0.2, 0.25) is 0 Å². The van der Waals surface area contributed by atoms with Crippen LogP contribution >= 0.6 is 0 Å². The van der Waals surface area contributed by atoms with Gasteiger partial charge in [0, 0.05) is 30.7 Å². The largest absolute Gasteiger partial charge is 0.382 e. The van der Waals surface area contributed by atoms with Gasteiger partial charge in [0.2, 0.25) is 0 Å². The molecule has 0 aromatic heterocycles. The van der Waals surface area contributed by atoms with E-state index in [1.165, 1.54) is 0 Å². The van der Waals surface area contributed by atoms with Gasteiger partial charge in [-0.05, 0) is 19.1 Å². The molecule has 0 spiro atoms. The van der Waals surface area contributed by atoms with Crippen LogP contribution in [0.5, 0.6) is 0 Å². The molecule has 0 atom stereocenters. The van der Waals surface area contributed by atoms with E-state index in [0.29, 0.717) is 0 Å². The summed E-state index contributed by atoms with van der Waals surface area (Å²) in [6.45, 7) is 5.41. The zero-order valence-corrected chi connectivity index (χ0v) is 10.1. The quantitative estimate of drug-likeness (QED) is 0.419. The van der Waals surface area contributed by atoms with E-state index < -0.39 is 0 Å². The molecule has 1 aromatic rings. The number of hydrogen-bond donors (Lipinski definition) is 1. The minimum absolute atomic E-state index is 0.144. The van der Waals surface area contributed by atoms with Crippen molar-refractivity contribution in [3.63, 3.8) is 0 Å². The van der Waals surface area contributed by atoms with E-state index in [1.807, 2.05) is 6.92 Å². The second-order valence-electron chi connectivity index (χ2n) is 3.76. The first-order valence-corrected chi connectivity index (χ1v) is 5.86.